The van der Waals surface area contributed by atoms with E-state index in [1.807, 2.05) is 51.1 Å². The van der Waals surface area contributed by atoms with Gasteiger partial charge in [0.25, 0.3) is 5.91 Å². The monoisotopic (exact) mass is 341 g/mol. The number of hydrogen-bond acceptors (Lipinski definition) is 3. The first-order chi connectivity index (χ1) is 11.9. The number of para-hydroxylation sites is 1. The molecule has 1 N–H and O–H groups in total. The molecule has 1 saturated heterocycles. The molecular formula is C19H23N3O3. The number of carboxylic acids is 1. The maximum atomic E-state index is 13.0. The number of nitrogens with zero attached hydrogens (tertiary/aromatic N) is 3. The number of carbonyl (C=O) groups is 2. The Morgan fingerprint density at radius 3 is 2.48 bits per heavy atom. The van der Waals surface area contributed by atoms with Gasteiger partial charge < -0.3 is 10.0 Å². The molecule has 1 aromatic carbocycles. The third-order valence-electron chi connectivity index (χ3n) is 5.02. The van der Waals surface area contributed by atoms with Crippen LogP contribution in [0.15, 0.2) is 30.3 Å². The maximum Gasteiger partial charge on any atom is 0.306 e. The van der Waals surface area contributed by atoms with E-state index in [9.17, 15) is 14.7 Å². The molecule has 2 heterocycles. The lowest BCUT2D eigenvalue weighted by atomic mass is 9.86. The van der Waals surface area contributed by atoms with Crippen molar-refractivity contribution in [2.75, 3.05) is 13.1 Å². The van der Waals surface area contributed by atoms with Crippen molar-refractivity contribution in [2.45, 2.75) is 27.2 Å². The van der Waals surface area contributed by atoms with E-state index in [0.717, 1.165) is 11.4 Å². The highest BCUT2D eigenvalue weighted by molar-refractivity contribution is 5.96. The highest BCUT2D eigenvalue weighted by Crippen LogP contribution is 2.26. The predicted octanol–water partition coefficient (Wildman–Crippen LogP) is 2.67. The Bertz CT molecular complexity index is 798. The van der Waals surface area contributed by atoms with E-state index < -0.39 is 5.97 Å². The van der Waals surface area contributed by atoms with Crippen molar-refractivity contribution in [2.24, 2.45) is 11.8 Å². The van der Waals surface area contributed by atoms with Crippen LogP contribution in [-0.2, 0) is 4.79 Å². The van der Waals surface area contributed by atoms with Gasteiger partial charge in [0.2, 0.25) is 0 Å². The number of carbonyl (C=O) groups excluding carboxylic acids is 1. The molecule has 1 aliphatic rings. The summed E-state index contributed by atoms with van der Waals surface area (Å²) in [5.74, 6) is -1.27. The molecule has 25 heavy (non-hydrogen) atoms. The number of carboxylic acid groups (broad SMARTS) is 1. The van der Waals surface area contributed by atoms with E-state index in [1.54, 1.807) is 9.58 Å². The van der Waals surface area contributed by atoms with Crippen LogP contribution in [0.25, 0.3) is 5.69 Å². The van der Waals surface area contributed by atoms with Crippen LogP contribution in [0, 0.1) is 25.7 Å². The molecule has 1 aromatic heterocycles. The summed E-state index contributed by atoms with van der Waals surface area (Å²) in [5.41, 5.74) is 3.03. The molecule has 6 heteroatoms. The average Bonchev–Trinajstić information content (AvgIpc) is 2.89. The topological polar surface area (TPSA) is 75.4 Å². The van der Waals surface area contributed by atoms with Crippen molar-refractivity contribution >= 4 is 11.9 Å². The lowest BCUT2D eigenvalue weighted by molar-refractivity contribution is -0.145. The maximum absolute atomic E-state index is 13.0. The summed E-state index contributed by atoms with van der Waals surface area (Å²) in [6.45, 7) is 6.56. The zero-order chi connectivity index (χ0) is 18.1. The minimum absolute atomic E-state index is 0.0556. The Labute approximate surface area is 147 Å². The number of aryl methyl sites for hydroxylation is 1. The summed E-state index contributed by atoms with van der Waals surface area (Å²) >= 11 is 0. The van der Waals surface area contributed by atoms with Gasteiger partial charge in [0.1, 0.15) is 0 Å². The molecule has 0 saturated carbocycles. The lowest BCUT2D eigenvalue weighted by Gasteiger charge is -2.35. The van der Waals surface area contributed by atoms with Crippen LogP contribution in [0.4, 0.5) is 0 Å². The van der Waals surface area contributed by atoms with E-state index in [1.165, 1.54) is 0 Å². The highest BCUT2D eigenvalue weighted by atomic mass is 16.4. The second-order valence-corrected chi connectivity index (χ2v) is 6.76. The molecule has 0 bridgehead atoms. The van der Waals surface area contributed by atoms with Crippen molar-refractivity contribution in [3.63, 3.8) is 0 Å². The number of hydrogen-bond donors (Lipinski definition) is 1. The van der Waals surface area contributed by atoms with E-state index in [2.05, 4.69) is 5.10 Å². The van der Waals surface area contributed by atoms with Gasteiger partial charge in [-0.2, -0.15) is 5.10 Å². The summed E-state index contributed by atoms with van der Waals surface area (Å²) in [6, 6.07) is 9.72. The molecule has 2 atom stereocenters. The van der Waals surface area contributed by atoms with Crippen molar-refractivity contribution in [1.29, 1.82) is 0 Å². The van der Waals surface area contributed by atoms with Crippen LogP contribution in [0.1, 0.15) is 35.1 Å². The molecule has 3 rings (SSSR count). The van der Waals surface area contributed by atoms with E-state index in [-0.39, 0.29) is 17.7 Å². The normalized spacial score (nSPS) is 20.5. The SMILES string of the molecule is Cc1nn(-c2ccccc2)c(C)c1C(=O)N1CCC(C(=O)O)C(C)C1. The number of rotatable bonds is 3. The van der Waals surface area contributed by atoms with Gasteiger partial charge in [0, 0.05) is 13.1 Å². The molecule has 1 fully saturated rings. The number of benzene rings is 1. The van der Waals surface area contributed by atoms with E-state index in [4.69, 9.17) is 0 Å². The standard InChI is InChI=1S/C19H23N3O3/c1-12-11-21(10-9-16(12)19(24)25)18(23)17-13(2)20-22(14(17)3)15-7-5-4-6-8-15/h4-8,12,16H,9-11H2,1-3H3,(H,24,25). The summed E-state index contributed by atoms with van der Waals surface area (Å²) in [5, 5.41) is 13.8. The number of aliphatic carboxylic acids is 1. The van der Waals surface area contributed by atoms with Gasteiger partial charge in [0.05, 0.1) is 28.6 Å². The summed E-state index contributed by atoms with van der Waals surface area (Å²) < 4.78 is 1.79. The van der Waals surface area contributed by atoms with Gasteiger partial charge in [0.15, 0.2) is 0 Å². The Balaban J connectivity index is 1.86. The molecule has 2 aromatic rings. The molecular weight excluding hydrogens is 318 g/mol. The lowest BCUT2D eigenvalue weighted by Crippen LogP contribution is -2.45. The largest absolute Gasteiger partial charge is 0.481 e. The summed E-state index contributed by atoms with van der Waals surface area (Å²) in [6.07, 6.45) is 0.493. The molecule has 2 unspecified atom stereocenters. The molecule has 0 aliphatic carbocycles. The van der Waals surface area contributed by atoms with Gasteiger partial charge in [-0.1, -0.05) is 25.1 Å². The van der Waals surface area contributed by atoms with E-state index >= 15 is 0 Å². The van der Waals surface area contributed by atoms with Crippen LogP contribution in [0.3, 0.4) is 0 Å². The minimum atomic E-state index is -0.774. The van der Waals surface area contributed by atoms with Crippen molar-refractivity contribution < 1.29 is 14.7 Å². The van der Waals surface area contributed by atoms with Crippen LogP contribution in [-0.4, -0.2) is 44.8 Å². The van der Waals surface area contributed by atoms with Crippen LogP contribution < -0.4 is 0 Å². The van der Waals surface area contributed by atoms with Gasteiger partial charge in [-0.15, -0.1) is 0 Å². The van der Waals surface area contributed by atoms with Crippen LogP contribution in [0.5, 0.6) is 0 Å². The first kappa shape index (κ1) is 17.2. The second kappa shape index (κ2) is 6.70. The Hall–Kier alpha value is -2.63. The molecule has 132 valence electrons. The molecule has 1 aliphatic heterocycles. The number of aromatic nitrogens is 2. The first-order valence-electron chi connectivity index (χ1n) is 8.54. The van der Waals surface area contributed by atoms with Crippen molar-refractivity contribution in [3.8, 4) is 5.69 Å². The van der Waals surface area contributed by atoms with Gasteiger partial charge >= 0.3 is 5.97 Å². The average molecular weight is 341 g/mol. The summed E-state index contributed by atoms with van der Waals surface area (Å²) in [7, 11) is 0. The fraction of sp³-hybridized carbons (Fsp3) is 0.421. The van der Waals surface area contributed by atoms with Gasteiger partial charge in [-0.25, -0.2) is 4.68 Å². The van der Waals surface area contributed by atoms with Crippen molar-refractivity contribution in [1.82, 2.24) is 14.7 Å². The fourth-order valence-corrected chi connectivity index (χ4v) is 3.63. The molecule has 1 amide bonds. The molecule has 6 nitrogen and oxygen atoms in total. The quantitative estimate of drug-likeness (QED) is 0.931. The number of piperidine rings is 1. The predicted molar refractivity (Wildman–Crippen MR) is 93.8 cm³/mol. The minimum Gasteiger partial charge on any atom is -0.481 e. The number of amides is 1. The van der Waals surface area contributed by atoms with Gasteiger partial charge in [-0.05, 0) is 38.3 Å². The fourth-order valence-electron chi connectivity index (χ4n) is 3.63. The van der Waals surface area contributed by atoms with Crippen LogP contribution in [0.2, 0.25) is 0 Å². The second-order valence-electron chi connectivity index (χ2n) is 6.76. The third kappa shape index (κ3) is 3.16. The Morgan fingerprint density at radius 2 is 1.88 bits per heavy atom. The van der Waals surface area contributed by atoms with Crippen molar-refractivity contribution in [3.05, 3.63) is 47.3 Å². The Morgan fingerprint density at radius 1 is 1.20 bits per heavy atom. The highest BCUT2D eigenvalue weighted by Gasteiger charge is 2.34. The van der Waals surface area contributed by atoms with Crippen LogP contribution >= 0.6 is 0 Å². The third-order valence-corrected chi connectivity index (χ3v) is 5.02. The zero-order valence-corrected chi connectivity index (χ0v) is 14.8. The summed E-state index contributed by atoms with van der Waals surface area (Å²) in [4.78, 5) is 26.1. The molecule has 0 spiro atoms. The zero-order valence-electron chi connectivity index (χ0n) is 14.8. The first-order valence-corrected chi connectivity index (χ1v) is 8.54. The van der Waals surface area contributed by atoms with Gasteiger partial charge in [-0.3, -0.25) is 9.59 Å². The van der Waals surface area contributed by atoms with E-state index in [0.29, 0.717) is 30.8 Å². The smallest absolute Gasteiger partial charge is 0.306 e. The number of likely N-dealkylation sites (tertiary alicyclic amines) is 1. The molecule has 0 radical (unpaired) electrons. The Kier molecular flexibility index (Phi) is 4.61.